The highest BCUT2D eigenvalue weighted by molar-refractivity contribution is 7.54. The van der Waals surface area contributed by atoms with Gasteiger partial charge in [-0.15, -0.1) is 0 Å². The van der Waals surface area contributed by atoms with Gasteiger partial charge in [0.25, 0.3) is 0 Å². The maximum atomic E-state index is 15.5. The molecule has 0 radical (unpaired) electrons. The van der Waals surface area contributed by atoms with Gasteiger partial charge in [0, 0.05) is 30.3 Å². The highest BCUT2D eigenvalue weighted by Gasteiger charge is 2.68. The van der Waals surface area contributed by atoms with Crippen molar-refractivity contribution < 1.29 is 33.4 Å². The first-order chi connectivity index (χ1) is 29.5. The van der Waals surface area contributed by atoms with Crippen LogP contribution in [0.4, 0.5) is 10.5 Å². The highest BCUT2D eigenvalue weighted by atomic mass is 31.2. The van der Waals surface area contributed by atoms with Crippen LogP contribution in [-0.4, -0.2) is 62.0 Å². The molecule has 8 rings (SSSR count). The number of para-hydroxylation sites is 2. The number of carbonyl (C=O) groups is 1. The van der Waals surface area contributed by atoms with Crippen LogP contribution in [0.2, 0.25) is 0 Å². The third-order valence-electron chi connectivity index (χ3n) is 11.4. The highest BCUT2D eigenvalue weighted by Crippen LogP contribution is 2.60. The molecule has 6 aromatic rings. The van der Waals surface area contributed by atoms with Crippen molar-refractivity contribution in [3.8, 4) is 17.2 Å². The van der Waals surface area contributed by atoms with E-state index in [-0.39, 0.29) is 37.3 Å². The molecule has 2 amide bonds. The number of amidine groups is 1. The summed E-state index contributed by atoms with van der Waals surface area (Å²) in [5.74, 6) is 0.577. The number of hydrogen-bond donors (Lipinski definition) is 5. The fourth-order valence-electron chi connectivity index (χ4n) is 8.35. The van der Waals surface area contributed by atoms with Gasteiger partial charge in [-0.3, -0.25) is 5.41 Å². The van der Waals surface area contributed by atoms with Gasteiger partial charge in [-0.1, -0.05) is 115 Å². The Morgan fingerprint density at radius 3 is 1.90 bits per heavy atom. The van der Waals surface area contributed by atoms with Gasteiger partial charge in [0.05, 0.1) is 11.6 Å². The number of aliphatic hydroxyl groups excluding tert-OH is 2. The Balaban J connectivity index is 1.15. The van der Waals surface area contributed by atoms with Gasteiger partial charge < -0.3 is 45.3 Å². The van der Waals surface area contributed by atoms with Crippen LogP contribution in [0.5, 0.6) is 17.2 Å². The molecule has 2 fully saturated rings. The lowest BCUT2D eigenvalue weighted by atomic mass is 9.90. The predicted molar refractivity (Wildman–Crippen MR) is 235 cm³/mol. The number of aliphatic hydroxyl groups is 2. The number of carbonyl (C=O) groups excluding carboxylic acids is 1. The van der Waals surface area contributed by atoms with Crippen molar-refractivity contribution in [3.63, 3.8) is 0 Å². The first-order valence-electron chi connectivity index (χ1n) is 20.1. The molecule has 1 saturated heterocycles. The normalized spacial score (nSPS) is 21.1. The molecule has 7 N–H and O–H groups in total. The van der Waals surface area contributed by atoms with E-state index in [1.54, 1.807) is 94.7 Å². The molecule has 12 nitrogen and oxygen atoms in total. The molecule has 5 atom stereocenters. The van der Waals surface area contributed by atoms with Gasteiger partial charge in [-0.05, 0) is 83.6 Å². The van der Waals surface area contributed by atoms with E-state index >= 15 is 4.79 Å². The number of benzene rings is 6. The standard InChI is InChI=1S/C48H48N5O7P/c49-42-25-24-35(27-40(42)46(50)51)30-52-43(28-33-14-5-1-6-15-33)44(54)45(55)48(29-41(48)36-17-7-2-8-18-36)53(47(52)56)31-34-16-13-23-39(26-34)58-32-61(57,59-37-19-9-3-10-20-37)60-38-21-11-4-12-22-38/h1-27,41,43-45,54-55H,28-32,49H2,(H3,50,51). The van der Waals surface area contributed by atoms with E-state index in [0.29, 0.717) is 46.0 Å². The second kappa shape index (κ2) is 17.6. The topological polar surface area (TPSA) is 185 Å². The Morgan fingerprint density at radius 2 is 1.28 bits per heavy atom. The summed E-state index contributed by atoms with van der Waals surface area (Å²) in [6, 6.07) is 47.7. The third kappa shape index (κ3) is 8.98. The molecule has 5 unspecified atom stereocenters. The Kier molecular flexibility index (Phi) is 11.8. The minimum atomic E-state index is -3.94. The molecular weight excluding hydrogens is 790 g/mol. The molecule has 6 aromatic carbocycles. The number of nitrogens with two attached hydrogens (primary N) is 2. The van der Waals surface area contributed by atoms with Crippen molar-refractivity contribution in [2.24, 2.45) is 5.73 Å². The summed E-state index contributed by atoms with van der Waals surface area (Å²) in [7, 11) is -3.94. The van der Waals surface area contributed by atoms with Crippen molar-refractivity contribution in [2.75, 3.05) is 12.1 Å². The van der Waals surface area contributed by atoms with Crippen molar-refractivity contribution >= 4 is 25.1 Å². The van der Waals surface area contributed by atoms with Crippen molar-refractivity contribution in [1.29, 1.82) is 5.41 Å². The van der Waals surface area contributed by atoms with Gasteiger partial charge in [0.2, 0.25) is 6.35 Å². The number of rotatable bonds is 15. The van der Waals surface area contributed by atoms with Crippen LogP contribution < -0.4 is 25.3 Å². The van der Waals surface area contributed by atoms with Crippen LogP contribution in [0.3, 0.4) is 0 Å². The molecule has 61 heavy (non-hydrogen) atoms. The molecule has 0 aromatic heterocycles. The van der Waals surface area contributed by atoms with Crippen LogP contribution in [-0.2, 0) is 24.1 Å². The fraction of sp³-hybridized carbons (Fsp3) is 0.208. The van der Waals surface area contributed by atoms with Crippen LogP contribution >= 0.6 is 7.60 Å². The third-order valence-corrected chi connectivity index (χ3v) is 12.9. The van der Waals surface area contributed by atoms with E-state index in [1.807, 2.05) is 78.9 Å². The van der Waals surface area contributed by atoms with Gasteiger partial charge in [-0.25, -0.2) is 9.36 Å². The second-order valence-corrected chi connectivity index (χ2v) is 17.4. The zero-order valence-electron chi connectivity index (χ0n) is 33.4. The van der Waals surface area contributed by atoms with Gasteiger partial charge in [0.15, 0.2) is 0 Å². The van der Waals surface area contributed by atoms with E-state index < -0.39 is 37.7 Å². The number of ether oxygens (including phenoxy) is 1. The molecule has 1 spiro atoms. The Hall–Kier alpha value is -6.59. The largest absolute Gasteiger partial charge is 0.479 e. The quantitative estimate of drug-likeness (QED) is 0.0297. The summed E-state index contributed by atoms with van der Waals surface area (Å²) >= 11 is 0. The zero-order valence-corrected chi connectivity index (χ0v) is 34.3. The Morgan fingerprint density at radius 1 is 0.721 bits per heavy atom. The summed E-state index contributed by atoms with van der Waals surface area (Å²) in [6.07, 6.45) is -2.43. The monoisotopic (exact) mass is 837 g/mol. The first-order valence-corrected chi connectivity index (χ1v) is 21.8. The summed E-state index contributed by atoms with van der Waals surface area (Å²) < 4.78 is 32.3. The van der Waals surface area contributed by atoms with E-state index in [4.69, 9.17) is 30.7 Å². The number of urea groups is 1. The van der Waals surface area contributed by atoms with Gasteiger partial charge >= 0.3 is 13.6 Å². The average molecular weight is 838 g/mol. The summed E-state index contributed by atoms with van der Waals surface area (Å²) in [6.45, 7) is 0.0708. The minimum absolute atomic E-state index is 0.0323. The molecule has 312 valence electrons. The first kappa shape index (κ1) is 41.2. The SMILES string of the molecule is N=C(N)c1cc(CN2C(=O)N(Cc3cccc(OCP(=O)(Oc4ccccc4)Oc4ccccc4)c3)C3(CC3c3ccccc3)C(O)C(O)C2Cc2ccccc2)ccc1N. The van der Waals surface area contributed by atoms with E-state index in [2.05, 4.69) is 0 Å². The van der Waals surface area contributed by atoms with Gasteiger partial charge in [0.1, 0.15) is 35.3 Å². The number of nitrogens with one attached hydrogen (secondary N) is 1. The summed E-state index contributed by atoms with van der Waals surface area (Å²) in [4.78, 5) is 18.8. The maximum absolute atomic E-state index is 15.5. The second-order valence-electron chi connectivity index (χ2n) is 15.5. The van der Waals surface area contributed by atoms with Crippen LogP contribution in [0.1, 0.15) is 40.2 Å². The molecule has 1 heterocycles. The van der Waals surface area contributed by atoms with Crippen LogP contribution in [0, 0.1) is 5.41 Å². The lowest BCUT2D eigenvalue weighted by Gasteiger charge is -2.37. The number of nitrogens with zero attached hydrogens (tertiary/aromatic N) is 2. The fourth-order valence-corrected chi connectivity index (χ4v) is 9.69. The molecular formula is C48H48N5O7P. The summed E-state index contributed by atoms with van der Waals surface area (Å²) in [5, 5.41) is 32.9. The Bertz CT molecular complexity index is 2470. The van der Waals surface area contributed by atoms with E-state index in [0.717, 1.165) is 11.1 Å². The number of hydrogen-bond acceptors (Lipinski definition) is 9. The zero-order chi connectivity index (χ0) is 42.6. The smallest absolute Gasteiger partial charge is 0.468 e. The maximum Gasteiger partial charge on any atom is 0.468 e. The van der Waals surface area contributed by atoms with Crippen LogP contribution in [0.25, 0.3) is 0 Å². The number of nitrogen functional groups attached to an aromatic ring is 2. The average Bonchev–Trinajstić information content (AvgIpc) is 4.04. The molecule has 1 aliphatic heterocycles. The number of amides is 2. The molecule has 13 heteroatoms. The lowest BCUT2D eigenvalue weighted by molar-refractivity contribution is -0.0502. The molecule has 1 aliphatic carbocycles. The number of anilines is 1. The molecule has 1 saturated carbocycles. The van der Waals surface area contributed by atoms with Crippen LogP contribution in [0.15, 0.2) is 164 Å². The summed E-state index contributed by atoms with van der Waals surface area (Å²) in [5.41, 5.74) is 14.7. The predicted octanol–water partition coefficient (Wildman–Crippen LogP) is 7.94. The van der Waals surface area contributed by atoms with Gasteiger partial charge in [-0.2, -0.15) is 0 Å². The van der Waals surface area contributed by atoms with Crippen molar-refractivity contribution in [3.05, 3.63) is 192 Å². The van der Waals surface area contributed by atoms with Crippen molar-refractivity contribution in [2.45, 2.75) is 55.6 Å². The molecule has 2 aliphatic rings. The Labute approximate surface area is 355 Å². The minimum Gasteiger partial charge on any atom is -0.479 e. The lowest BCUT2D eigenvalue weighted by Crippen LogP contribution is -2.52. The van der Waals surface area contributed by atoms with Crippen molar-refractivity contribution in [1.82, 2.24) is 9.80 Å². The van der Waals surface area contributed by atoms with E-state index in [9.17, 15) is 14.8 Å². The van der Waals surface area contributed by atoms with E-state index in [1.165, 1.54) is 0 Å². The molecule has 0 bridgehead atoms.